The molecule has 0 N–H and O–H groups in total. The van der Waals surface area contributed by atoms with Crippen LogP contribution in [0.3, 0.4) is 0 Å². The number of furan rings is 1. The van der Waals surface area contributed by atoms with Crippen LogP contribution in [0.15, 0.2) is 47.1 Å². The van der Waals surface area contributed by atoms with Crippen molar-refractivity contribution in [3.05, 3.63) is 54.0 Å². The summed E-state index contributed by atoms with van der Waals surface area (Å²) in [5.41, 5.74) is 1.11. The van der Waals surface area contributed by atoms with Crippen LogP contribution in [-0.4, -0.2) is 37.6 Å². The summed E-state index contributed by atoms with van der Waals surface area (Å²) in [6.45, 7) is 1.72. The van der Waals surface area contributed by atoms with Crippen LogP contribution in [0.1, 0.15) is 23.8 Å². The summed E-state index contributed by atoms with van der Waals surface area (Å²) in [6.07, 6.45) is 2.65. The molecule has 1 aromatic carbocycles. The number of carbonyl (C=O) groups is 1. The molecule has 1 amide bonds. The molecule has 2 aromatic rings. The molecular weight excluding hydrogens is 294 g/mol. The van der Waals surface area contributed by atoms with Crippen molar-refractivity contribution in [2.24, 2.45) is 0 Å². The number of methoxy groups -OCH3 is 1. The van der Waals surface area contributed by atoms with Crippen molar-refractivity contribution in [1.29, 1.82) is 0 Å². The van der Waals surface area contributed by atoms with Crippen LogP contribution in [0.5, 0.6) is 5.75 Å². The zero-order valence-electron chi connectivity index (χ0n) is 13.2. The van der Waals surface area contributed by atoms with Crippen LogP contribution >= 0.6 is 0 Å². The lowest BCUT2D eigenvalue weighted by molar-refractivity contribution is -0.139. The average Bonchev–Trinajstić information content (AvgIpc) is 3.14. The number of morpholine rings is 1. The van der Waals surface area contributed by atoms with Crippen molar-refractivity contribution in [3.63, 3.8) is 0 Å². The summed E-state index contributed by atoms with van der Waals surface area (Å²) in [6, 6.07) is 11.6. The Bertz CT molecular complexity index is 638. The second-order valence-corrected chi connectivity index (χ2v) is 5.57. The maximum Gasteiger partial charge on any atom is 0.223 e. The van der Waals surface area contributed by atoms with E-state index in [-0.39, 0.29) is 12.0 Å². The third kappa shape index (κ3) is 3.93. The lowest BCUT2D eigenvalue weighted by atomic mass is 10.1. The van der Waals surface area contributed by atoms with Gasteiger partial charge in [0.15, 0.2) is 0 Å². The largest absolute Gasteiger partial charge is 0.497 e. The van der Waals surface area contributed by atoms with E-state index in [1.807, 2.05) is 41.3 Å². The fourth-order valence-corrected chi connectivity index (χ4v) is 2.76. The zero-order valence-corrected chi connectivity index (χ0v) is 13.2. The van der Waals surface area contributed by atoms with E-state index >= 15 is 0 Å². The minimum atomic E-state index is -0.167. The molecule has 1 aromatic heterocycles. The number of aryl methyl sites for hydroxylation is 1. The number of hydrogen-bond donors (Lipinski definition) is 0. The summed E-state index contributed by atoms with van der Waals surface area (Å²) in [5, 5.41) is 0. The summed E-state index contributed by atoms with van der Waals surface area (Å²) in [7, 11) is 1.65. The Balaban J connectivity index is 1.55. The van der Waals surface area contributed by atoms with Gasteiger partial charge in [0.2, 0.25) is 5.91 Å². The Kier molecular flexibility index (Phi) is 4.98. The molecule has 1 atom stereocenters. The van der Waals surface area contributed by atoms with Gasteiger partial charge < -0.3 is 18.8 Å². The first-order valence-corrected chi connectivity index (χ1v) is 7.82. The van der Waals surface area contributed by atoms with E-state index in [2.05, 4.69) is 0 Å². The Labute approximate surface area is 135 Å². The lowest BCUT2D eigenvalue weighted by Crippen LogP contribution is -2.42. The van der Waals surface area contributed by atoms with E-state index in [0.717, 1.165) is 17.1 Å². The van der Waals surface area contributed by atoms with Gasteiger partial charge in [-0.15, -0.1) is 0 Å². The molecule has 23 heavy (non-hydrogen) atoms. The highest BCUT2D eigenvalue weighted by Gasteiger charge is 2.26. The van der Waals surface area contributed by atoms with Gasteiger partial charge in [0.1, 0.15) is 17.6 Å². The van der Waals surface area contributed by atoms with Crippen LogP contribution in [0.25, 0.3) is 0 Å². The molecule has 0 saturated carbocycles. The second-order valence-electron chi connectivity index (χ2n) is 5.57. The molecule has 1 aliphatic heterocycles. The van der Waals surface area contributed by atoms with Gasteiger partial charge in [-0.3, -0.25) is 4.79 Å². The van der Waals surface area contributed by atoms with E-state index in [4.69, 9.17) is 13.9 Å². The van der Waals surface area contributed by atoms with Gasteiger partial charge in [-0.25, -0.2) is 0 Å². The number of ether oxygens (including phenoxy) is 2. The fraction of sp³-hybridized carbons (Fsp3) is 0.389. The maximum absolute atomic E-state index is 12.4. The van der Waals surface area contributed by atoms with E-state index in [0.29, 0.717) is 32.5 Å². The molecule has 0 unspecified atom stereocenters. The van der Waals surface area contributed by atoms with Gasteiger partial charge in [-0.2, -0.15) is 0 Å². The van der Waals surface area contributed by atoms with Gasteiger partial charge in [-0.1, -0.05) is 12.1 Å². The highest BCUT2D eigenvalue weighted by molar-refractivity contribution is 5.76. The van der Waals surface area contributed by atoms with Gasteiger partial charge >= 0.3 is 0 Å². The number of amides is 1. The van der Waals surface area contributed by atoms with Gasteiger partial charge in [0.25, 0.3) is 0 Å². The molecule has 3 rings (SSSR count). The molecule has 0 radical (unpaired) electrons. The average molecular weight is 315 g/mol. The first kappa shape index (κ1) is 15.6. The number of hydrogen-bond acceptors (Lipinski definition) is 4. The topological polar surface area (TPSA) is 51.9 Å². The fourth-order valence-electron chi connectivity index (χ4n) is 2.76. The van der Waals surface area contributed by atoms with Crippen molar-refractivity contribution in [3.8, 4) is 5.75 Å². The zero-order chi connectivity index (χ0) is 16.1. The van der Waals surface area contributed by atoms with Crippen molar-refractivity contribution < 1.29 is 18.7 Å². The summed E-state index contributed by atoms with van der Waals surface area (Å²) >= 11 is 0. The Morgan fingerprint density at radius 1 is 1.35 bits per heavy atom. The Morgan fingerprint density at radius 2 is 2.26 bits per heavy atom. The number of benzene rings is 1. The molecule has 122 valence electrons. The molecular formula is C18H21NO4. The summed E-state index contributed by atoms with van der Waals surface area (Å²) < 4.78 is 16.3. The van der Waals surface area contributed by atoms with Crippen molar-refractivity contribution in [2.45, 2.75) is 18.9 Å². The first-order valence-electron chi connectivity index (χ1n) is 7.82. The van der Waals surface area contributed by atoms with Crippen LogP contribution in [0.4, 0.5) is 0 Å². The third-order valence-corrected chi connectivity index (χ3v) is 4.04. The van der Waals surface area contributed by atoms with E-state index in [9.17, 15) is 4.79 Å². The van der Waals surface area contributed by atoms with Gasteiger partial charge in [0.05, 0.1) is 26.5 Å². The molecule has 1 aliphatic rings. The SMILES string of the molecule is COc1cccc(CCC(=O)N2CCO[C@H](c3ccco3)C2)c1. The molecule has 0 bridgehead atoms. The minimum Gasteiger partial charge on any atom is -0.497 e. The predicted molar refractivity (Wildman–Crippen MR) is 85.3 cm³/mol. The highest BCUT2D eigenvalue weighted by Crippen LogP contribution is 2.23. The van der Waals surface area contributed by atoms with Crippen molar-refractivity contribution >= 4 is 5.91 Å². The van der Waals surface area contributed by atoms with Crippen molar-refractivity contribution in [1.82, 2.24) is 4.90 Å². The van der Waals surface area contributed by atoms with Crippen molar-refractivity contribution in [2.75, 3.05) is 26.8 Å². The maximum atomic E-state index is 12.4. The summed E-state index contributed by atoms with van der Waals surface area (Å²) in [4.78, 5) is 14.3. The molecule has 1 fully saturated rings. The van der Waals surface area contributed by atoms with Crippen LogP contribution in [-0.2, 0) is 16.0 Å². The van der Waals surface area contributed by atoms with E-state index in [1.54, 1.807) is 13.4 Å². The quantitative estimate of drug-likeness (QED) is 0.851. The van der Waals surface area contributed by atoms with Crippen LogP contribution in [0, 0.1) is 0 Å². The predicted octanol–water partition coefficient (Wildman–Crippen LogP) is 2.82. The Hall–Kier alpha value is -2.27. The number of rotatable bonds is 5. The van der Waals surface area contributed by atoms with E-state index < -0.39 is 0 Å². The second kappa shape index (κ2) is 7.33. The normalized spacial score (nSPS) is 18.0. The molecule has 1 saturated heterocycles. The number of nitrogens with zero attached hydrogens (tertiary/aromatic N) is 1. The third-order valence-electron chi connectivity index (χ3n) is 4.04. The van der Waals surface area contributed by atoms with Gasteiger partial charge in [0, 0.05) is 13.0 Å². The molecule has 5 nitrogen and oxygen atoms in total. The van der Waals surface area contributed by atoms with Crippen LogP contribution < -0.4 is 4.74 Å². The Morgan fingerprint density at radius 3 is 3.04 bits per heavy atom. The molecule has 0 aliphatic carbocycles. The monoisotopic (exact) mass is 315 g/mol. The highest BCUT2D eigenvalue weighted by atomic mass is 16.5. The standard InChI is InChI=1S/C18H21NO4/c1-21-15-5-2-4-14(12-15)7-8-18(20)19-9-11-23-17(13-19)16-6-3-10-22-16/h2-6,10,12,17H,7-9,11,13H2,1H3/t17-/m0/s1. The molecule has 2 heterocycles. The van der Waals surface area contributed by atoms with Gasteiger partial charge in [-0.05, 0) is 36.2 Å². The first-order chi connectivity index (χ1) is 11.3. The smallest absolute Gasteiger partial charge is 0.223 e. The van der Waals surface area contributed by atoms with Crippen LogP contribution in [0.2, 0.25) is 0 Å². The molecule has 0 spiro atoms. The molecule has 5 heteroatoms. The van der Waals surface area contributed by atoms with E-state index in [1.165, 1.54) is 0 Å². The lowest BCUT2D eigenvalue weighted by Gasteiger charge is -2.32. The number of carbonyl (C=O) groups excluding carboxylic acids is 1. The minimum absolute atomic E-state index is 0.146. The summed E-state index contributed by atoms with van der Waals surface area (Å²) in [5.74, 6) is 1.74.